The molecule has 4 nitrogen and oxygen atoms in total. The summed E-state index contributed by atoms with van der Waals surface area (Å²) in [6.45, 7) is 10.7. The lowest BCUT2D eigenvalue weighted by molar-refractivity contribution is -0.129. The third-order valence-corrected chi connectivity index (χ3v) is 4.94. The van der Waals surface area contributed by atoms with E-state index in [1.54, 1.807) is 4.90 Å². The number of hydrogen-bond donors (Lipinski definition) is 0. The molecule has 1 aliphatic heterocycles. The van der Waals surface area contributed by atoms with Gasteiger partial charge in [0.15, 0.2) is 0 Å². The third kappa shape index (κ3) is 2.97. The Morgan fingerprint density at radius 1 is 1.21 bits per heavy atom. The van der Waals surface area contributed by atoms with Crippen molar-refractivity contribution in [1.82, 2.24) is 9.88 Å². The van der Waals surface area contributed by atoms with Crippen LogP contribution in [0.3, 0.4) is 0 Å². The lowest BCUT2D eigenvalue weighted by atomic mass is 9.95. The van der Waals surface area contributed by atoms with Gasteiger partial charge >= 0.3 is 0 Å². The maximum absolute atomic E-state index is 12.2. The van der Waals surface area contributed by atoms with Crippen molar-refractivity contribution in [3.8, 4) is 0 Å². The summed E-state index contributed by atoms with van der Waals surface area (Å²) in [6.07, 6.45) is 0.982. The molecule has 1 aromatic heterocycles. The first-order valence-corrected chi connectivity index (χ1v) is 8.83. The predicted octanol–water partition coefficient (Wildman–Crippen LogP) is 3.51. The Kier molecular flexibility index (Phi) is 4.48. The van der Waals surface area contributed by atoms with Gasteiger partial charge in [0, 0.05) is 31.2 Å². The van der Waals surface area contributed by atoms with Crippen molar-refractivity contribution in [3.05, 3.63) is 35.0 Å². The fourth-order valence-corrected chi connectivity index (χ4v) is 3.41. The Labute approximate surface area is 144 Å². The fourth-order valence-electron chi connectivity index (χ4n) is 3.41. The molecule has 0 saturated carbocycles. The van der Waals surface area contributed by atoms with Crippen molar-refractivity contribution in [2.45, 2.75) is 40.0 Å². The van der Waals surface area contributed by atoms with Gasteiger partial charge in [-0.05, 0) is 48.6 Å². The molecule has 1 fully saturated rings. The van der Waals surface area contributed by atoms with Crippen LogP contribution in [-0.2, 0) is 11.2 Å². The van der Waals surface area contributed by atoms with E-state index in [2.05, 4.69) is 50.8 Å². The topological polar surface area (TPSA) is 36.4 Å². The molecule has 3 rings (SSSR count). The first-order valence-electron chi connectivity index (χ1n) is 8.83. The lowest BCUT2D eigenvalue weighted by Gasteiger charge is -2.34. The van der Waals surface area contributed by atoms with Gasteiger partial charge in [0.05, 0.1) is 17.7 Å². The average molecular weight is 325 g/mol. The SMILES string of the molecule is CCc1cc(N2CCN(C)C(=O)C2)c2nc(C)cc(C(C)C)c2c1. The normalized spacial score (nSPS) is 15.7. The monoisotopic (exact) mass is 325 g/mol. The van der Waals surface area contributed by atoms with E-state index >= 15 is 0 Å². The zero-order chi connectivity index (χ0) is 17.4. The molecule has 2 aromatic rings. The summed E-state index contributed by atoms with van der Waals surface area (Å²) in [7, 11) is 1.87. The molecule has 24 heavy (non-hydrogen) atoms. The first-order chi connectivity index (χ1) is 11.4. The molecule has 1 aromatic carbocycles. The number of aromatic nitrogens is 1. The standard InChI is InChI=1S/C20H27N3O/c1-6-15-10-17-16(13(2)3)9-14(4)21-20(17)18(11-15)23-8-7-22(5)19(24)12-23/h9-11,13H,6-8,12H2,1-5H3. The van der Waals surface area contributed by atoms with E-state index in [1.807, 2.05) is 7.05 Å². The maximum Gasteiger partial charge on any atom is 0.241 e. The minimum absolute atomic E-state index is 0.174. The number of aryl methyl sites for hydroxylation is 2. The van der Waals surface area contributed by atoms with Crippen LogP contribution < -0.4 is 4.90 Å². The number of rotatable bonds is 3. The van der Waals surface area contributed by atoms with E-state index in [9.17, 15) is 4.79 Å². The number of carbonyl (C=O) groups is 1. The summed E-state index contributed by atoms with van der Waals surface area (Å²) in [5.74, 6) is 0.622. The van der Waals surface area contributed by atoms with Gasteiger partial charge in [-0.3, -0.25) is 9.78 Å². The van der Waals surface area contributed by atoms with Crippen molar-refractivity contribution in [2.75, 3.05) is 31.6 Å². The van der Waals surface area contributed by atoms with Gasteiger partial charge in [-0.25, -0.2) is 0 Å². The van der Waals surface area contributed by atoms with Crippen molar-refractivity contribution < 1.29 is 4.79 Å². The van der Waals surface area contributed by atoms with Crippen LogP contribution in [0.15, 0.2) is 18.2 Å². The zero-order valence-electron chi connectivity index (χ0n) is 15.4. The second kappa shape index (κ2) is 6.42. The van der Waals surface area contributed by atoms with Gasteiger partial charge in [-0.2, -0.15) is 0 Å². The van der Waals surface area contributed by atoms with E-state index in [-0.39, 0.29) is 5.91 Å². The number of fused-ring (bicyclic) bond motifs is 1. The van der Waals surface area contributed by atoms with Gasteiger partial charge in [-0.15, -0.1) is 0 Å². The summed E-state index contributed by atoms with van der Waals surface area (Å²) < 4.78 is 0. The van der Waals surface area contributed by atoms with E-state index in [4.69, 9.17) is 4.98 Å². The summed E-state index contributed by atoms with van der Waals surface area (Å²) >= 11 is 0. The highest BCUT2D eigenvalue weighted by Gasteiger charge is 2.24. The van der Waals surface area contributed by atoms with Crippen LogP contribution in [0, 0.1) is 6.92 Å². The number of likely N-dealkylation sites (N-methyl/N-ethyl adjacent to an activating group) is 1. The quantitative estimate of drug-likeness (QED) is 0.866. The number of benzene rings is 1. The fraction of sp³-hybridized carbons (Fsp3) is 0.500. The van der Waals surface area contributed by atoms with Gasteiger partial charge in [0.2, 0.25) is 5.91 Å². The minimum Gasteiger partial charge on any atom is -0.359 e. The highest BCUT2D eigenvalue weighted by atomic mass is 16.2. The molecule has 2 heterocycles. The van der Waals surface area contributed by atoms with Gasteiger partial charge in [0.25, 0.3) is 0 Å². The zero-order valence-corrected chi connectivity index (χ0v) is 15.4. The van der Waals surface area contributed by atoms with Crippen molar-refractivity contribution in [2.24, 2.45) is 0 Å². The Morgan fingerprint density at radius 3 is 2.58 bits per heavy atom. The second-order valence-electron chi connectivity index (χ2n) is 7.11. The number of piperazine rings is 1. The van der Waals surface area contributed by atoms with Crippen molar-refractivity contribution >= 4 is 22.5 Å². The Balaban J connectivity index is 2.21. The number of anilines is 1. The highest BCUT2D eigenvalue weighted by Crippen LogP contribution is 2.33. The lowest BCUT2D eigenvalue weighted by Crippen LogP contribution is -2.48. The second-order valence-corrected chi connectivity index (χ2v) is 7.11. The molecule has 0 N–H and O–H groups in total. The van der Waals surface area contributed by atoms with Crippen LogP contribution >= 0.6 is 0 Å². The molecular formula is C20H27N3O. The minimum atomic E-state index is 0.174. The van der Waals surface area contributed by atoms with E-state index in [0.29, 0.717) is 12.5 Å². The van der Waals surface area contributed by atoms with Crippen molar-refractivity contribution in [3.63, 3.8) is 0 Å². The van der Waals surface area contributed by atoms with Gasteiger partial charge in [0.1, 0.15) is 0 Å². The Morgan fingerprint density at radius 2 is 1.96 bits per heavy atom. The molecule has 1 saturated heterocycles. The summed E-state index contributed by atoms with van der Waals surface area (Å²) in [5, 5.41) is 1.23. The van der Waals surface area contributed by atoms with E-state index < -0.39 is 0 Å². The van der Waals surface area contributed by atoms with Crippen LogP contribution in [0.25, 0.3) is 10.9 Å². The average Bonchev–Trinajstić information content (AvgIpc) is 2.55. The molecule has 0 atom stereocenters. The highest BCUT2D eigenvalue weighted by molar-refractivity contribution is 5.96. The van der Waals surface area contributed by atoms with Crippen LogP contribution in [0.1, 0.15) is 43.5 Å². The van der Waals surface area contributed by atoms with Crippen LogP contribution in [-0.4, -0.2) is 42.5 Å². The predicted molar refractivity (Wildman–Crippen MR) is 99.8 cm³/mol. The Bertz CT molecular complexity index is 782. The first kappa shape index (κ1) is 16.7. The Hall–Kier alpha value is -2.10. The molecule has 128 valence electrons. The largest absolute Gasteiger partial charge is 0.359 e. The molecule has 0 spiro atoms. The summed E-state index contributed by atoms with van der Waals surface area (Å²) in [5.41, 5.74) is 5.83. The van der Waals surface area contributed by atoms with E-state index in [1.165, 1.54) is 16.5 Å². The third-order valence-electron chi connectivity index (χ3n) is 4.94. The van der Waals surface area contributed by atoms with Gasteiger partial charge in [-0.1, -0.05) is 20.8 Å². The molecule has 1 aliphatic rings. The number of pyridine rings is 1. The van der Waals surface area contributed by atoms with Crippen molar-refractivity contribution in [1.29, 1.82) is 0 Å². The van der Waals surface area contributed by atoms with Crippen LogP contribution in [0.2, 0.25) is 0 Å². The molecule has 0 unspecified atom stereocenters. The molecule has 0 aliphatic carbocycles. The number of amides is 1. The summed E-state index contributed by atoms with van der Waals surface area (Å²) in [6, 6.07) is 6.70. The smallest absolute Gasteiger partial charge is 0.241 e. The molecule has 1 amide bonds. The van der Waals surface area contributed by atoms with Crippen LogP contribution in [0.4, 0.5) is 5.69 Å². The number of hydrogen-bond acceptors (Lipinski definition) is 3. The maximum atomic E-state index is 12.2. The molecule has 4 heteroatoms. The van der Waals surface area contributed by atoms with Gasteiger partial charge < -0.3 is 9.80 Å². The summed E-state index contributed by atoms with van der Waals surface area (Å²) in [4.78, 5) is 21.0. The molecule has 0 radical (unpaired) electrons. The van der Waals surface area contributed by atoms with E-state index in [0.717, 1.165) is 36.4 Å². The molecular weight excluding hydrogens is 298 g/mol. The number of carbonyl (C=O) groups excluding carboxylic acids is 1. The number of nitrogens with zero attached hydrogens (tertiary/aromatic N) is 3. The van der Waals surface area contributed by atoms with Crippen LogP contribution in [0.5, 0.6) is 0 Å². The molecule has 0 bridgehead atoms.